The highest BCUT2D eigenvalue weighted by molar-refractivity contribution is 7.85. The number of ether oxygens (including phenoxy) is 4. The molecular weight excluding hydrogens is 554 g/mol. The number of para-hydroxylation sites is 2. The van der Waals surface area contributed by atoms with Crippen molar-refractivity contribution in [3.63, 3.8) is 0 Å². The smallest absolute Gasteiger partial charge is 0.312 e. The normalized spacial score (nSPS) is 13.3. The van der Waals surface area contributed by atoms with Crippen molar-refractivity contribution in [2.24, 2.45) is 0 Å². The van der Waals surface area contributed by atoms with Crippen molar-refractivity contribution >= 4 is 21.7 Å². The lowest BCUT2D eigenvalue weighted by Gasteiger charge is -2.27. The Labute approximate surface area is 239 Å². The Kier molecular flexibility index (Phi) is 11.3. The Morgan fingerprint density at radius 1 is 1.10 bits per heavy atom. The van der Waals surface area contributed by atoms with E-state index in [0.717, 1.165) is 5.56 Å². The van der Waals surface area contributed by atoms with Crippen LogP contribution in [-0.2, 0) is 14.9 Å². The highest BCUT2D eigenvalue weighted by Gasteiger charge is 2.23. The van der Waals surface area contributed by atoms with Crippen molar-refractivity contribution in [2.75, 3.05) is 52.4 Å². The standard InChI is InChI=1S/C20H24N2O6.C8H11NO3S/c1-25-16-4-2-3-5-17(16)28-19-15(21)12-14(13-18(19)27-11-8-23)20(24)22-6-9-26-10-7-22;1-6(2)7-3-4-8(9-5-7)13(10,11)12/h2-5,12-13,23H,6-11,21H2,1H3;3-6H,1-2H3,(H,10,11,12). The molecule has 3 aromatic rings. The Bertz CT molecular complexity index is 1410. The fourth-order valence-electron chi connectivity index (χ4n) is 3.77. The highest BCUT2D eigenvalue weighted by atomic mass is 32.2. The number of aromatic nitrogens is 1. The van der Waals surface area contributed by atoms with Gasteiger partial charge in [-0.05, 0) is 41.8 Å². The largest absolute Gasteiger partial charge is 0.493 e. The van der Waals surface area contributed by atoms with Gasteiger partial charge in [-0.3, -0.25) is 9.35 Å². The van der Waals surface area contributed by atoms with E-state index in [4.69, 9.17) is 34.3 Å². The summed E-state index contributed by atoms with van der Waals surface area (Å²) in [4.78, 5) is 18.1. The summed E-state index contributed by atoms with van der Waals surface area (Å²) in [7, 11) is -2.62. The molecule has 2 heterocycles. The van der Waals surface area contributed by atoms with Gasteiger partial charge in [0.05, 0.1) is 32.6 Å². The number of nitrogen functional groups attached to an aromatic ring is 1. The molecule has 0 unspecified atom stereocenters. The van der Waals surface area contributed by atoms with Crippen LogP contribution < -0.4 is 19.9 Å². The Balaban J connectivity index is 0.000000298. The molecule has 13 heteroatoms. The third kappa shape index (κ3) is 8.79. The van der Waals surface area contributed by atoms with Crippen LogP contribution in [0.5, 0.6) is 23.0 Å². The molecule has 41 heavy (non-hydrogen) atoms. The molecule has 2 aromatic carbocycles. The Morgan fingerprint density at radius 2 is 1.78 bits per heavy atom. The number of nitrogens with zero attached hydrogens (tertiary/aromatic N) is 2. The van der Waals surface area contributed by atoms with Gasteiger partial charge in [0.1, 0.15) is 6.61 Å². The van der Waals surface area contributed by atoms with Gasteiger partial charge in [0.25, 0.3) is 5.91 Å². The van der Waals surface area contributed by atoms with Crippen LogP contribution in [0.4, 0.5) is 5.69 Å². The Morgan fingerprint density at radius 3 is 2.34 bits per heavy atom. The number of morpholine rings is 1. The predicted octanol–water partition coefficient (Wildman–Crippen LogP) is 3.36. The van der Waals surface area contributed by atoms with Crippen LogP contribution in [0.15, 0.2) is 59.8 Å². The van der Waals surface area contributed by atoms with Crippen LogP contribution in [0.2, 0.25) is 0 Å². The first-order chi connectivity index (χ1) is 19.5. The van der Waals surface area contributed by atoms with Gasteiger partial charge in [-0.2, -0.15) is 8.42 Å². The summed E-state index contributed by atoms with van der Waals surface area (Å²) in [5.74, 6) is 1.66. The van der Waals surface area contributed by atoms with Gasteiger partial charge in [0.2, 0.25) is 0 Å². The van der Waals surface area contributed by atoms with E-state index in [1.165, 1.54) is 12.3 Å². The lowest BCUT2D eigenvalue weighted by atomic mass is 10.1. The van der Waals surface area contributed by atoms with Crippen LogP contribution in [0, 0.1) is 0 Å². The van der Waals surface area contributed by atoms with Gasteiger partial charge in [-0.25, -0.2) is 4.98 Å². The van der Waals surface area contributed by atoms with Gasteiger partial charge in [-0.1, -0.05) is 32.0 Å². The van der Waals surface area contributed by atoms with Crippen LogP contribution >= 0.6 is 0 Å². The first kappa shape index (κ1) is 31.6. The van der Waals surface area contributed by atoms with Gasteiger partial charge in [-0.15, -0.1) is 0 Å². The molecular formula is C28H35N3O9S. The molecule has 1 aliphatic heterocycles. The molecule has 0 aliphatic carbocycles. The van der Waals surface area contributed by atoms with Gasteiger partial charge in [0, 0.05) is 24.8 Å². The fraction of sp³-hybridized carbons (Fsp3) is 0.357. The lowest BCUT2D eigenvalue weighted by molar-refractivity contribution is 0.0302. The van der Waals surface area contributed by atoms with Crippen LogP contribution in [0.3, 0.4) is 0 Å². The fourth-order valence-corrected chi connectivity index (χ4v) is 4.19. The van der Waals surface area contributed by atoms with E-state index < -0.39 is 10.1 Å². The van der Waals surface area contributed by atoms with E-state index >= 15 is 0 Å². The number of hydrogen-bond donors (Lipinski definition) is 3. The molecule has 0 atom stereocenters. The lowest BCUT2D eigenvalue weighted by Crippen LogP contribution is -2.40. The van der Waals surface area contributed by atoms with Crippen molar-refractivity contribution in [1.29, 1.82) is 0 Å². The number of aliphatic hydroxyl groups excluding tert-OH is 1. The number of carbonyl (C=O) groups is 1. The second-order valence-electron chi connectivity index (χ2n) is 9.18. The second-order valence-corrected chi connectivity index (χ2v) is 10.6. The molecule has 0 spiro atoms. The van der Waals surface area contributed by atoms with Gasteiger partial charge in [0.15, 0.2) is 28.0 Å². The SMILES string of the molecule is CC(C)c1ccc(S(=O)(=O)O)nc1.COc1ccccc1Oc1c(N)cc(C(=O)N2CCOCC2)cc1OCCO. The maximum Gasteiger partial charge on any atom is 0.312 e. The topological polar surface area (TPSA) is 171 Å². The molecule has 1 aliphatic rings. The van der Waals surface area contributed by atoms with E-state index in [-0.39, 0.29) is 41.3 Å². The van der Waals surface area contributed by atoms with Crippen LogP contribution in [-0.4, -0.2) is 80.5 Å². The molecule has 1 aromatic heterocycles. The number of amides is 1. The number of methoxy groups -OCH3 is 1. The molecule has 1 amide bonds. The summed E-state index contributed by atoms with van der Waals surface area (Å²) in [6.07, 6.45) is 1.45. The summed E-state index contributed by atoms with van der Waals surface area (Å²) in [5.41, 5.74) is 7.77. The summed E-state index contributed by atoms with van der Waals surface area (Å²) >= 11 is 0. The summed E-state index contributed by atoms with van der Waals surface area (Å²) < 4.78 is 52.0. The molecule has 0 saturated carbocycles. The van der Waals surface area contributed by atoms with Gasteiger partial charge < -0.3 is 34.7 Å². The maximum absolute atomic E-state index is 12.8. The molecule has 4 rings (SSSR count). The number of carbonyl (C=O) groups excluding carboxylic acids is 1. The van der Waals surface area contributed by atoms with Crippen molar-refractivity contribution in [1.82, 2.24) is 9.88 Å². The third-order valence-electron chi connectivity index (χ3n) is 5.95. The zero-order chi connectivity index (χ0) is 30.0. The molecule has 0 radical (unpaired) electrons. The molecule has 12 nitrogen and oxygen atoms in total. The zero-order valence-electron chi connectivity index (χ0n) is 23.1. The maximum atomic E-state index is 12.8. The molecule has 222 valence electrons. The van der Waals surface area contributed by atoms with E-state index in [2.05, 4.69) is 4.98 Å². The van der Waals surface area contributed by atoms with Crippen LogP contribution in [0.1, 0.15) is 35.7 Å². The average Bonchev–Trinajstić information content (AvgIpc) is 2.97. The molecule has 4 N–H and O–H groups in total. The quantitative estimate of drug-likeness (QED) is 0.247. The molecule has 1 fully saturated rings. The van der Waals surface area contributed by atoms with E-state index in [9.17, 15) is 13.2 Å². The minimum absolute atomic E-state index is 0.0386. The molecule has 0 bridgehead atoms. The first-order valence-electron chi connectivity index (χ1n) is 12.8. The number of nitrogens with two attached hydrogens (primary N) is 1. The number of rotatable bonds is 9. The minimum Gasteiger partial charge on any atom is -0.493 e. The number of aliphatic hydroxyl groups is 1. The zero-order valence-corrected chi connectivity index (χ0v) is 24.0. The van der Waals surface area contributed by atoms with E-state index in [1.54, 1.807) is 48.4 Å². The van der Waals surface area contributed by atoms with Crippen LogP contribution in [0.25, 0.3) is 0 Å². The Hall–Kier alpha value is -3.91. The van der Waals surface area contributed by atoms with Crippen molar-refractivity contribution in [2.45, 2.75) is 24.8 Å². The summed E-state index contributed by atoms with van der Waals surface area (Å²) in [6, 6.07) is 13.2. The average molecular weight is 590 g/mol. The number of hydrogen-bond acceptors (Lipinski definition) is 10. The molecule has 1 saturated heterocycles. The van der Waals surface area contributed by atoms with E-state index in [0.29, 0.717) is 49.3 Å². The number of benzene rings is 2. The summed E-state index contributed by atoms with van der Waals surface area (Å²) in [6.45, 7) is 5.85. The van der Waals surface area contributed by atoms with Crippen molar-refractivity contribution in [3.05, 3.63) is 65.9 Å². The van der Waals surface area contributed by atoms with E-state index in [1.807, 2.05) is 19.9 Å². The number of pyridine rings is 1. The summed E-state index contributed by atoms with van der Waals surface area (Å²) in [5, 5.41) is 8.83. The van der Waals surface area contributed by atoms with Gasteiger partial charge >= 0.3 is 10.1 Å². The third-order valence-corrected chi connectivity index (χ3v) is 6.72. The minimum atomic E-state index is -4.16. The van der Waals surface area contributed by atoms with Crippen molar-refractivity contribution in [3.8, 4) is 23.0 Å². The predicted molar refractivity (Wildman–Crippen MR) is 151 cm³/mol. The van der Waals surface area contributed by atoms with Crippen molar-refractivity contribution < 1.29 is 41.8 Å². The highest BCUT2D eigenvalue weighted by Crippen LogP contribution is 2.41. The monoisotopic (exact) mass is 589 g/mol. The second kappa shape index (κ2) is 14.6. The number of anilines is 1. The first-order valence-corrected chi connectivity index (χ1v) is 14.3.